The largest absolute Gasteiger partial charge is 0.377 e. The molecular weight excluding hydrogens is 218 g/mol. The molecule has 1 heterocycles. The molecule has 0 aromatic carbocycles. The maximum absolute atomic E-state index is 5.64. The van der Waals surface area contributed by atoms with Crippen LogP contribution in [0.15, 0.2) is 6.07 Å². The molecule has 0 bridgehead atoms. The van der Waals surface area contributed by atoms with Crippen molar-refractivity contribution in [2.45, 2.75) is 46.8 Å². The highest BCUT2D eigenvalue weighted by Gasteiger charge is 2.04. The molecule has 0 unspecified atom stereocenters. The van der Waals surface area contributed by atoms with Gasteiger partial charge in [-0.05, 0) is 31.5 Å². The molecule has 3 heteroatoms. The van der Waals surface area contributed by atoms with Crippen LogP contribution in [-0.4, -0.2) is 13.2 Å². The summed E-state index contributed by atoms with van der Waals surface area (Å²) in [4.78, 5) is 2.80. The third-order valence-electron chi connectivity index (χ3n) is 2.52. The number of hydrogen-bond acceptors (Lipinski definition) is 3. The second kappa shape index (κ2) is 7.82. The number of unbranched alkanes of at least 4 members (excludes halogenated alkanes) is 1. The van der Waals surface area contributed by atoms with Gasteiger partial charge in [-0.15, -0.1) is 11.3 Å². The zero-order valence-electron chi connectivity index (χ0n) is 10.6. The topological polar surface area (TPSA) is 21.3 Å². The van der Waals surface area contributed by atoms with Gasteiger partial charge in [-0.1, -0.05) is 20.3 Å². The molecule has 0 saturated heterocycles. The molecule has 1 rings (SSSR count). The minimum atomic E-state index is 0.772. The number of nitrogens with one attached hydrogen (secondary N) is 1. The molecule has 0 aliphatic carbocycles. The van der Waals surface area contributed by atoms with Gasteiger partial charge in [0.05, 0.1) is 6.61 Å². The van der Waals surface area contributed by atoms with Crippen molar-refractivity contribution >= 4 is 11.3 Å². The second-order valence-corrected chi connectivity index (χ2v) is 5.32. The van der Waals surface area contributed by atoms with Gasteiger partial charge in [0.1, 0.15) is 0 Å². The number of ether oxygens (including phenoxy) is 1. The fourth-order valence-electron chi connectivity index (χ4n) is 1.49. The summed E-state index contributed by atoms with van der Waals surface area (Å²) < 4.78 is 5.64. The fourth-order valence-corrected chi connectivity index (χ4v) is 2.51. The highest BCUT2D eigenvalue weighted by molar-refractivity contribution is 7.12. The van der Waals surface area contributed by atoms with E-state index in [1.807, 2.05) is 11.3 Å². The first kappa shape index (κ1) is 13.7. The zero-order valence-corrected chi connectivity index (χ0v) is 11.5. The standard InChI is InChI=1S/C13H23NOS/c1-4-6-7-15-10-12-8-13(9-14-5-2)16-11(12)3/h8,14H,4-7,9-10H2,1-3H3. The van der Waals surface area contributed by atoms with Gasteiger partial charge in [0.25, 0.3) is 0 Å². The Morgan fingerprint density at radius 2 is 2.19 bits per heavy atom. The molecule has 0 aliphatic heterocycles. The first-order valence-electron chi connectivity index (χ1n) is 6.14. The van der Waals surface area contributed by atoms with Crippen molar-refractivity contribution in [3.63, 3.8) is 0 Å². The van der Waals surface area contributed by atoms with Crippen molar-refractivity contribution in [2.24, 2.45) is 0 Å². The molecule has 0 aliphatic rings. The van der Waals surface area contributed by atoms with E-state index in [1.165, 1.54) is 21.7 Å². The van der Waals surface area contributed by atoms with E-state index in [0.29, 0.717) is 0 Å². The van der Waals surface area contributed by atoms with Crippen molar-refractivity contribution in [3.05, 3.63) is 21.4 Å². The summed E-state index contributed by atoms with van der Waals surface area (Å²) in [5.74, 6) is 0. The summed E-state index contributed by atoms with van der Waals surface area (Å²) in [6, 6.07) is 2.27. The summed E-state index contributed by atoms with van der Waals surface area (Å²) in [5, 5.41) is 3.35. The average molecular weight is 241 g/mol. The lowest BCUT2D eigenvalue weighted by Crippen LogP contribution is -2.10. The summed E-state index contributed by atoms with van der Waals surface area (Å²) in [5.41, 5.74) is 1.36. The van der Waals surface area contributed by atoms with E-state index >= 15 is 0 Å². The summed E-state index contributed by atoms with van der Waals surface area (Å²) in [6.07, 6.45) is 2.36. The predicted octanol–water partition coefficient (Wildman–Crippen LogP) is 3.48. The first-order valence-corrected chi connectivity index (χ1v) is 6.96. The zero-order chi connectivity index (χ0) is 11.8. The van der Waals surface area contributed by atoms with Crippen LogP contribution < -0.4 is 5.32 Å². The van der Waals surface area contributed by atoms with Crippen LogP contribution >= 0.6 is 11.3 Å². The Bertz CT molecular complexity index is 296. The van der Waals surface area contributed by atoms with Gasteiger partial charge in [0.2, 0.25) is 0 Å². The second-order valence-electron chi connectivity index (χ2n) is 3.98. The van der Waals surface area contributed by atoms with Crippen molar-refractivity contribution in [1.82, 2.24) is 5.32 Å². The summed E-state index contributed by atoms with van der Waals surface area (Å²) in [7, 11) is 0. The number of thiophene rings is 1. The molecule has 0 amide bonds. The molecule has 0 radical (unpaired) electrons. The predicted molar refractivity (Wildman–Crippen MR) is 71.0 cm³/mol. The van der Waals surface area contributed by atoms with E-state index in [2.05, 4.69) is 32.2 Å². The van der Waals surface area contributed by atoms with Crippen molar-refractivity contribution in [2.75, 3.05) is 13.2 Å². The Labute approximate surface area is 103 Å². The molecule has 1 aromatic rings. The van der Waals surface area contributed by atoms with Gasteiger partial charge in [0.15, 0.2) is 0 Å². The SMILES string of the molecule is CCCCOCc1cc(CNCC)sc1C. The highest BCUT2D eigenvalue weighted by atomic mass is 32.1. The number of rotatable bonds is 8. The van der Waals surface area contributed by atoms with Crippen LogP contribution in [-0.2, 0) is 17.9 Å². The normalized spacial score (nSPS) is 10.9. The lowest BCUT2D eigenvalue weighted by Gasteiger charge is -2.01. The fraction of sp³-hybridized carbons (Fsp3) is 0.692. The molecule has 0 spiro atoms. The van der Waals surface area contributed by atoms with E-state index in [0.717, 1.165) is 32.7 Å². The van der Waals surface area contributed by atoms with Gasteiger partial charge in [-0.2, -0.15) is 0 Å². The van der Waals surface area contributed by atoms with Crippen LogP contribution in [0.1, 0.15) is 42.0 Å². The Balaban J connectivity index is 2.37. The molecule has 16 heavy (non-hydrogen) atoms. The minimum absolute atomic E-state index is 0.772. The molecule has 2 nitrogen and oxygen atoms in total. The van der Waals surface area contributed by atoms with E-state index in [-0.39, 0.29) is 0 Å². The average Bonchev–Trinajstić information content (AvgIpc) is 2.63. The van der Waals surface area contributed by atoms with Gasteiger partial charge in [0, 0.05) is 22.9 Å². The lowest BCUT2D eigenvalue weighted by molar-refractivity contribution is 0.118. The summed E-state index contributed by atoms with van der Waals surface area (Å²) >= 11 is 1.88. The smallest absolute Gasteiger partial charge is 0.0727 e. The van der Waals surface area contributed by atoms with Crippen LogP contribution in [0.3, 0.4) is 0 Å². The summed E-state index contributed by atoms with van der Waals surface area (Å²) in [6.45, 7) is 10.2. The Morgan fingerprint density at radius 1 is 1.38 bits per heavy atom. The Morgan fingerprint density at radius 3 is 2.88 bits per heavy atom. The van der Waals surface area contributed by atoms with E-state index in [9.17, 15) is 0 Å². The molecule has 1 aromatic heterocycles. The Hall–Kier alpha value is -0.380. The van der Waals surface area contributed by atoms with Crippen LogP contribution in [0.4, 0.5) is 0 Å². The maximum atomic E-state index is 5.64. The highest BCUT2D eigenvalue weighted by Crippen LogP contribution is 2.22. The molecule has 1 N–H and O–H groups in total. The molecule has 0 atom stereocenters. The van der Waals surface area contributed by atoms with Gasteiger partial charge < -0.3 is 10.1 Å². The molecular formula is C13H23NOS. The van der Waals surface area contributed by atoms with Crippen LogP contribution in [0.25, 0.3) is 0 Å². The number of hydrogen-bond donors (Lipinski definition) is 1. The lowest BCUT2D eigenvalue weighted by atomic mass is 10.2. The van der Waals surface area contributed by atoms with Crippen LogP contribution in [0.2, 0.25) is 0 Å². The van der Waals surface area contributed by atoms with Crippen molar-refractivity contribution in [3.8, 4) is 0 Å². The van der Waals surface area contributed by atoms with Gasteiger partial charge >= 0.3 is 0 Å². The minimum Gasteiger partial charge on any atom is -0.377 e. The van der Waals surface area contributed by atoms with Crippen LogP contribution in [0.5, 0.6) is 0 Å². The maximum Gasteiger partial charge on any atom is 0.0727 e. The molecule has 92 valence electrons. The Kier molecular flexibility index (Phi) is 6.69. The third-order valence-corrected chi connectivity index (χ3v) is 3.61. The van der Waals surface area contributed by atoms with Crippen molar-refractivity contribution < 1.29 is 4.74 Å². The molecule has 0 fully saturated rings. The van der Waals surface area contributed by atoms with E-state index in [1.54, 1.807) is 0 Å². The first-order chi connectivity index (χ1) is 7.77. The van der Waals surface area contributed by atoms with Gasteiger partial charge in [-0.3, -0.25) is 0 Å². The van der Waals surface area contributed by atoms with E-state index < -0.39 is 0 Å². The van der Waals surface area contributed by atoms with Crippen LogP contribution in [0, 0.1) is 6.92 Å². The number of aryl methyl sites for hydroxylation is 1. The monoisotopic (exact) mass is 241 g/mol. The molecule has 0 saturated carbocycles. The third kappa shape index (κ3) is 4.64. The van der Waals surface area contributed by atoms with Crippen molar-refractivity contribution in [1.29, 1.82) is 0 Å². The quantitative estimate of drug-likeness (QED) is 0.704. The van der Waals surface area contributed by atoms with E-state index in [4.69, 9.17) is 4.74 Å². The van der Waals surface area contributed by atoms with Gasteiger partial charge in [-0.25, -0.2) is 0 Å².